The van der Waals surface area contributed by atoms with E-state index < -0.39 is 0 Å². The van der Waals surface area contributed by atoms with Crippen molar-refractivity contribution in [2.75, 3.05) is 5.84 Å². The van der Waals surface area contributed by atoms with Gasteiger partial charge < -0.3 is 5.84 Å². The molecule has 0 fully saturated rings. The Bertz CT molecular complexity index is 515. The van der Waals surface area contributed by atoms with Crippen molar-refractivity contribution in [1.82, 2.24) is 9.24 Å². The molecule has 0 aliphatic carbocycles. The fraction of sp³-hybridized carbons (Fsp3) is 0.300. The van der Waals surface area contributed by atoms with Crippen molar-refractivity contribution in [3.8, 4) is 0 Å². The fourth-order valence-corrected chi connectivity index (χ4v) is 1.61. The second kappa shape index (κ2) is 2.64. The van der Waals surface area contributed by atoms with Crippen molar-refractivity contribution >= 4 is 11.0 Å². The Morgan fingerprint density at radius 1 is 1.14 bits per heavy atom. The van der Waals surface area contributed by atoms with Gasteiger partial charge in [-0.05, 0) is 37.1 Å². The highest BCUT2D eigenvalue weighted by Gasteiger charge is 2.08. The Morgan fingerprint density at radius 3 is 2.21 bits per heavy atom. The quantitative estimate of drug-likeness (QED) is 0.622. The highest BCUT2D eigenvalue weighted by atomic mass is 16.2. The number of benzene rings is 1. The number of nitrogen functional groups attached to an aromatic ring is 1. The van der Waals surface area contributed by atoms with E-state index in [1.165, 1.54) is 10.2 Å². The minimum Gasteiger partial charge on any atom is -0.335 e. The number of aryl methyl sites for hydroxylation is 3. The third-order valence-corrected chi connectivity index (χ3v) is 2.70. The van der Waals surface area contributed by atoms with Crippen LogP contribution in [0.2, 0.25) is 0 Å². The number of nitrogens with zero attached hydrogens (tertiary/aromatic N) is 2. The first-order chi connectivity index (χ1) is 6.52. The van der Waals surface area contributed by atoms with Crippen LogP contribution in [0, 0.1) is 13.8 Å². The van der Waals surface area contributed by atoms with Crippen molar-refractivity contribution in [3.05, 3.63) is 33.7 Å². The van der Waals surface area contributed by atoms with Crippen LogP contribution in [0.5, 0.6) is 0 Å². The standard InChI is InChI=1S/C10H13N3O/c1-6-4-8-9(5-7(6)2)13(11)10(14)12(8)3/h4-5H,11H2,1-3H3. The minimum atomic E-state index is -0.190. The molecule has 4 nitrogen and oxygen atoms in total. The summed E-state index contributed by atoms with van der Waals surface area (Å²) >= 11 is 0. The zero-order chi connectivity index (χ0) is 10.5. The molecule has 1 heterocycles. The molecule has 14 heavy (non-hydrogen) atoms. The molecule has 74 valence electrons. The lowest BCUT2D eigenvalue weighted by atomic mass is 10.1. The number of fused-ring (bicyclic) bond motifs is 1. The Labute approximate surface area is 81.5 Å². The number of hydrogen-bond donors (Lipinski definition) is 1. The minimum absolute atomic E-state index is 0.190. The highest BCUT2D eigenvalue weighted by molar-refractivity contribution is 5.78. The molecular weight excluding hydrogens is 178 g/mol. The Hall–Kier alpha value is -1.71. The van der Waals surface area contributed by atoms with Crippen LogP contribution in [0.3, 0.4) is 0 Å². The summed E-state index contributed by atoms with van der Waals surface area (Å²) in [5, 5.41) is 0. The molecule has 1 aromatic heterocycles. The second-order valence-electron chi connectivity index (χ2n) is 3.64. The molecule has 0 aliphatic rings. The van der Waals surface area contributed by atoms with Crippen molar-refractivity contribution in [2.24, 2.45) is 7.05 Å². The molecule has 2 N–H and O–H groups in total. The first kappa shape index (κ1) is 8.87. The molecule has 0 amide bonds. The van der Waals surface area contributed by atoms with Gasteiger partial charge in [0.15, 0.2) is 0 Å². The number of aromatic nitrogens is 2. The number of hydrogen-bond acceptors (Lipinski definition) is 2. The maximum atomic E-state index is 11.5. The summed E-state index contributed by atoms with van der Waals surface area (Å²) in [6.07, 6.45) is 0. The lowest BCUT2D eigenvalue weighted by Gasteiger charge is -2.01. The van der Waals surface area contributed by atoms with Gasteiger partial charge >= 0.3 is 5.69 Å². The highest BCUT2D eigenvalue weighted by Crippen LogP contribution is 2.16. The third-order valence-electron chi connectivity index (χ3n) is 2.70. The predicted molar refractivity (Wildman–Crippen MR) is 56.8 cm³/mol. The maximum absolute atomic E-state index is 11.5. The number of rotatable bonds is 0. The molecule has 0 radical (unpaired) electrons. The summed E-state index contributed by atoms with van der Waals surface area (Å²) in [5.74, 6) is 5.64. The first-order valence-electron chi connectivity index (χ1n) is 4.46. The molecule has 2 aromatic rings. The summed E-state index contributed by atoms with van der Waals surface area (Å²) in [7, 11) is 1.72. The predicted octanol–water partition coefficient (Wildman–Crippen LogP) is 0.671. The first-order valence-corrected chi connectivity index (χ1v) is 4.46. The molecule has 0 atom stereocenters. The van der Waals surface area contributed by atoms with Crippen LogP contribution >= 0.6 is 0 Å². The van der Waals surface area contributed by atoms with E-state index >= 15 is 0 Å². The molecule has 0 unspecified atom stereocenters. The van der Waals surface area contributed by atoms with E-state index in [1.807, 2.05) is 26.0 Å². The van der Waals surface area contributed by atoms with Crippen molar-refractivity contribution < 1.29 is 0 Å². The zero-order valence-electron chi connectivity index (χ0n) is 8.53. The van der Waals surface area contributed by atoms with Crippen LogP contribution in [0.15, 0.2) is 16.9 Å². The number of imidazole rings is 1. The topological polar surface area (TPSA) is 52.9 Å². The molecule has 0 saturated heterocycles. The van der Waals surface area contributed by atoms with E-state index in [1.54, 1.807) is 11.6 Å². The van der Waals surface area contributed by atoms with Crippen LogP contribution in [0.1, 0.15) is 11.1 Å². The Kier molecular flexibility index (Phi) is 1.67. The summed E-state index contributed by atoms with van der Waals surface area (Å²) < 4.78 is 2.74. The summed E-state index contributed by atoms with van der Waals surface area (Å²) in [6.45, 7) is 4.03. The average Bonchev–Trinajstić information content (AvgIpc) is 2.34. The second-order valence-corrected chi connectivity index (χ2v) is 3.64. The van der Waals surface area contributed by atoms with E-state index in [-0.39, 0.29) is 5.69 Å². The summed E-state index contributed by atoms with van der Waals surface area (Å²) in [4.78, 5) is 11.5. The molecule has 0 bridgehead atoms. The molecule has 0 saturated carbocycles. The van der Waals surface area contributed by atoms with Gasteiger partial charge in [0.1, 0.15) is 0 Å². The van der Waals surface area contributed by atoms with Crippen LogP contribution in [0.4, 0.5) is 0 Å². The molecule has 0 aliphatic heterocycles. The van der Waals surface area contributed by atoms with Gasteiger partial charge in [0, 0.05) is 7.05 Å². The monoisotopic (exact) mass is 191 g/mol. The summed E-state index contributed by atoms with van der Waals surface area (Å²) in [5.41, 5.74) is 3.77. The maximum Gasteiger partial charge on any atom is 0.347 e. The van der Waals surface area contributed by atoms with Gasteiger partial charge in [-0.15, -0.1) is 0 Å². The van der Waals surface area contributed by atoms with Gasteiger partial charge in [-0.2, -0.15) is 0 Å². The van der Waals surface area contributed by atoms with E-state index in [0.29, 0.717) is 0 Å². The van der Waals surface area contributed by atoms with Crippen molar-refractivity contribution in [3.63, 3.8) is 0 Å². The van der Waals surface area contributed by atoms with Gasteiger partial charge in [-0.1, -0.05) is 0 Å². The molecule has 1 aromatic carbocycles. The van der Waals surface area contributed by atoms with Crippen LogP contribution < -0.4 is 11.5 Å². The molecule has 2 rings (SSSR count). The average molecular weight is 191 g/mol. The van der Waals surface area contributed by atoms with Crippen LogP contribution in [-0.4, -0.2) is 9.24 Å². The zero-order valence-corrected chi connectivity index (χ0v) is 8.53. The van der Waals surface area contributed by atoms with Crippen LogP contribution in [-0.2, 0) is 7.05 Å². The lowest BCUT2D eigenvalue weighted by molar-refractivity contribution is 0.827. The third kappa shape index (κ3) is 0.968. The van der Waals surface area contributed by atoms with Crippen molar-refractivity contribution in [1.29, 1.82) is 0 Å². The van der Waals surface area contributed by atoms with Crippen molar-refractivity contribution in [2.45, 2.75) is 13.8 Å². The van der Waals surface area contributed by atoms with E-state index in [9.17, 15) is 4.79 Å². The van der Waals surface area contributed by atoms with Crippen LogP contribution in [0.25, 0.3) is 11.0 Å². The fourth-order valence-electron chi connectivity index (χ4n) is 1.61. The largest absolute Gasteiger partial charge is 0.347 e. The van der Waals surface area contributed by atoms with E-state index in [0.717, 1.165) is 16.6 Å². The van der Waals surface area contributed by atoms with Gasteiger partial charge in [-0.25, -0.2) is 9.47 Å². The molecule has 4 heteroatoms. The Balaban J connectivity index is 3.04. The Morgan fingerprint density at radius 2 is 1.64 bits per heavy atom. The summed E-state index contributed by atoms with van der Waals surface area (Å²) in [6, 6.07) is 3.92. The van der Waals surface area contributed by atoms with Gasteiger partial charge in [0.05, 0.1) is 11.0 Å². The number of nitrogens with two attached hydrogens (primary N) is 1. The molecular formula is C10H13N3O. The van der Waals surface area contributed by atoms with Gasteiger partial charge in [0.2, 0.25) is 0 Å². The van der Waals surface area contributed by atoms with E-state index in [4.69, 9.17) is 5.84 Å². The normalized spacial score (nSPS) is 11.1. The lowest BCUT2D eigenvalue weighted by Crippen LogP contribution is -2.27. The smallest absolute Gasteiger partial charge is 0.335 e. The molecule has 0 spiro atoms. The SMILES string of the molecule is Cc1cc2c(cc1C)n(N)c(=O)n2C. The van der Waals surface area contributed by atoms with Gasteiger partial charge in [-0.3, -0.25) is 4.57 Å². The van der Waals surface area contributed by atoms with Gasteiger partial charge in [0.25, 0.3) is 0 Å². The van der Waals surface area contributed by atoms with E-state index in [2.05, 4.69) is 0 Å².